The summed E-state index contributed by atoms with van der Waals surface area (Å²) < 4.78 is 0. The van der Waals surface area contributed by atoms with Crippen molar-refractivity contribution < 1.29 is 9.59 Å². The van der Waals surface area contributed by atoms with E-state index in [1.807, 2.05) is 73.3 Å². The Balaban J connectivity index is 1.35. The predicted octanol–water partition coefficient (Wildman–Crippen LogP) is 4.12. The third-order valence-corrected chi connectivity index (χ3v) is 6.06. The lowest BCUT2D eigenvalue weighted by molar-refractivity contribution is -0.137. The van der Waals surface area contributed by atoms with Crippen LogP contribution in [-0.4, -0.2) is 45.8 Å². The molecule has 2 N–H and O–H groups in total. The second kappa shape index (κ2) is 9.81. The standard InChI is InChI=1S/C26H30N4O2/c1-18(2)24(29-23(31)13-12-19-8-4-3-5-9-19)26(32)30-16-14-20(15-17-30)25-27-21-10-6-7-11-22(21)28-25/h3-13,18,20,24H,14-17H2,1-2H3,(H,27,28)(H,29,31)/b13-12+. The van der Waals surface area contributed by atoms with E-state index in [0.29, 0.717) is 19.0 Å². The normalized spacial score (nSPS) is 16.0. The number of amides is 2. The summed E-state index contributed by atoms with van der Waals surface area (Å²) in [6.07, 6.45) is 4.97. The summed E-state index contributed by atoms with van der Waals surface area (Å²) >= 11 is 0. The topological polar surface area (TPSA) is 78.1 Å². The van der Waals surface area contributed by atoms with Crippen molar-refractivity contribution in [3.63, 3.8) is 0 Å². The van der Waals surface area contributed by atoms with Crippen molar-refractivity contribution in [3.05, 3.63) is 72.1 Å². The quantitative estimate of drug-likeness (QED) is 0.578. The van der Waals surface area contributed by atoms with Gasteiger partial charge >= 0.3 is 0 Å². The molecule has 1 aromatic heterocycles. The summed E-state index contributed by atoms with van der Waals surface area (Å²) in [6.45, 7) is 5.26. The molecule has 0 spiro atoms. The van der Waals surface area contributed by atoms with E-state index in [1.165, 1.54) is 6.08 Å². The van der Waals surface area contributed by atoms with Crippen molar-refractivity contribution in [2.75, 3.05) is 13.1 Å². The largest absolute Gasteiger partial charge is 0.342 e. The van der Waals surface area contributed by atoms with Gasteiger partial charge in [0.05, 0.1) is 11.0 Å². The molecule has 166 valence electrons. The van der Waals surface area contributed by atoms with Crippen LogP contribution in [0.15, 0.2) is 60.7 Å². The summed E-state index contributed by atoms with van der Waals surface area (Å²) in [7, 11) is 0. The molecule has 0 saturated carbocycles. The van der Waals surface area contributed by atoms with Gasteiger partial charge in [-0.15, -0.1) is 0 Å². The summed E-state index contributed by atoms with van der Waals surface area (Å²) in [5.74, 6) is 1.05. The van der Waals surface area contributed by atoms with Crippen molar-refractivity contribution >= 4 is 28.9 Å². The number of hydrogen-bond donors (Lipinski definition) is 2. The number of nitrogens with one attached hydrogen (secondary N) is 2. The number of fused-ring (bicyclic) bond motifs is 1. The fourth-order valence-electron chi connectivity index (χ4n) is 4.19. The first-order chi connectivity index (χ1) is 15.5. The van der Waals surface area contributed by atoms with Gasteiger partial charge < -0.3 is 15.2 Å². The van der Waals surface area contributed by atoms with Gasteiger partial charge in [-0.1, -0.05) is 56.3 Å². The van der Waals surface area contributed by atoms with Crippen molar-refractivity contribution in [2.45, 2.75) is 38.6 Å². The molecule has 4 rings (SSSR count). The number of aromatic nitrogens is 2. The lowest BCUT2D eigenvalue weighted by Gasteiger charge is -2.34. The minimum absolute atomic E-state index is 0.00433. The van der Waals surface area contributed by atoms with Gasteiger partial charge in [0, 0.05) is 25.1 Å². The molecule has 0 radical (unpaired) electrons. The number of hydrogen-bond acceptors (Lipinski definition) is 3. The van der Waals surface area contributed by atoms with Crippen molar-refractivity contribution in [3.8, 4) is 0 Å². The van der Waals surface area contributed by atoms with E-state index >= 15 is 0 Å². The van der Waals surface area contributed by atoms with Gasteiger partial charge in [-0.2, -0.15) is 0 Å². The fourth-order valence-corrected chi connectivity index (χ4v) is 4.19. The summed E-state index contributed by atoms with van der Waals surface area (Å²) in [6, 6.07) is 17.1. The highest BCUT2D eigenvalue weighted by Gasteiger charge is 2.32. The van der Waals surface area contributed by atoms with Gasteiger partial charge in [0.2, 0.25) is 11.8 Å². The molecule has 1 aliphatic heterocycles. The molecule has 0 bridgehead atoms. The van der Waals surface area contributed by atoms with E-state index in [1.54, 1.807) is 6.08 Å². The first-order valence-electron chi connectivity index (χ1n) is 11.3. The molecule has 0 aliphatic carbocycles. The van der Waals surface area contributed by atoms with Crippen LogP contribution in [0.2, 0.25) is 0 Å². The number of benzene rings is 2. The molecule has 1 unspecified atom stereocenters. The van der Waals surface area contributed by atoms with E-state index in [9.17, 15) is 9.59 Å². The highest BCUT2D eigenvalue weighted by molar-refractivity contribution is 5.95. The molecule has 1 saturated heterocycles. The van der Waals surface area contributed by atoms with E-state index in [0.717, 1.165) is 35.3 Å². The zero-order valence-electron chi connectivity index (χ0n) is 18.6. The minimum Gasteiger partial charge on any atom is -0.342 e. The smallest absolute Gasteiger partial charge is 0.245 e. The third kappa shape index (κ3) is 5.07. The van der Waals surface area contributed by atoms with E-state index in [-0.39, 0.29) is 17.7 Å². The third-order valence-electron chi connectivity index (χ3n) is 6.06. The Hall–Kier alpha value is -3.41. The van der Waals surface area contributed by atoms with Crippen LogP contribution in [0.4, 0.5) is 0 Å². The minimum atomic E-state index is -0.536. The van der Waals surface area contributed by atoms with Crippen LogP contribution in [0.25, 0.3) is 17.1 Å². The zero-order valence-corrected chi connectivity index (χ0v) is 18.6. The maximum atomic E-state index is 13.2. The molecule has 2 aromatic carbocycles. The van der Waals surface area contributed by atoms with Crippen molar-refractivity contribution in [1.82, 2.24) is 20.2 Å². The Labute approximate surface area is 188 Å². The van der Waals surface area contributed by atoms with Crippen molar-refractivity contribution in [1.29, 1.82) is 0 Å². The highest BCUT2D eigenvalue weighted by atomic mass is 16.2. The number of H-pyrrole nitrogens is 1. The molecule has 2 heterocycles. The number of aromatic amines is 1. The molecule has 6 nitrogen and oxygen atoms in total. The second-order valence-corrected chi connectivity index (χ2v) is 8.71. The number of rotatable bonds is 6. The van der Waals surface area contributed by atoms with Crippen LogP contribution >= 0.6 is 0 Å². The van der Waals surface area contributed by atoms with Gasteiger partial charge in [-0.05, 0) is 42.5 Å². The lowest BCUT2D eigenvalue weighted by atomic mass is 9.94. The summed E-state index contributed by atoms with van der Waals surface area (Å²) in [5.41, 5.74) is 2.97. The summed E-state index contributed by atoms with van der Waals surface area (Å²) in [4.78, 5) is 35.7. The van der Waals surface area contributed by atoms with Crippen LogP contribution in [0, 0.1) is 5.92 Å². The molecular weight excluding hydrogens is 400 g/mol. The number of piperidine rings is 1. The SMILES string of the molecule is CC(C)C(NC(=O)/C=C/c1ccccc1)C(=O)N1CCC(c2nc3ccccc3[nH]2)CC1. The van der Waals surface area contributed by atoms with E-state index in [4.69, 9.17) is 4.98 Å². The van der Waals surface area contributed by atoms with Crippen LogP contribution in [0.1, 0.15) is 44.0 Å². The van der Waals surface area contributed by atoms with Crippen LogP contribution in [0.3, 0.4) is 0 Å². The molecule has 1 aliphatic rings. The van der Waals surface area contributed by atoms with Gasteiger partial charge in [0.25, 0.3) is 0 Å². The molecule has 3 aromatic rings. The average molecular weight is 431 g/mol. The Morgan fingerprint density at radius 1 is 1.06 bits per heavy atom. The van der Waals surface area contributed by atoms with Crippen LogP contribution in [0.5, 0.6) is 0 Å². The first kappa shape index (κ1) is 21.8. The monoisotopic (exact) mass is 430 g/mol. The molecule has 32 heavy (non-hydrogen) atoms. The van der Waals surface area contributed by atoms with Crippen LogP contribution in [-0.2, 0) is 9.59 Å². The van der Waals surface area contributed by atoms with Gasteiger partial charge in [-0.3, -0.25) is 9.59 Å². The van der Waals surface area contributed by atoms with Gasteiger partial charge in [0.15, 0.2) is 0 Å². The Bertz CT molecular complexity index is 1060. The molecular formula is C26H30N4O2. The summed E-state index contributed by atoms with van der Waals surface area (Å²) in [5, 5.41) is 2.91. The number of carbonyl (C=O) groups is 2. The fraction of sp³-hybridized carbons (Fsp3) is 0.346. The Morgan fingerprint density at radius 2 is 1.75 bits per heavy atom. The zero-order chi connectivity index (χ0) is 22.5. The molecule has 1 atom stereocenters. The van der Waals surface area contributed by atoms with E-state index in [2.05, 4.69) is 10.3 Å². The van der Waals surface area contributed by atoms with Gasteiger partial charge in [-0.25, -0.2) is 4.98 Å². The highest BCUT2D eigenvalue weighted by Crippen LogP contribution is 2.28. The molecule has 6 heteroatoms. The van der Waals surface area contributed by atoms with Gasteiger partial charge in [0.1, 0.15) is 11.9 Å². The number of nitrogens with zero attached hydrogens (tertiary/aromatic N) is 2. The maximum absolute atomic E-state index is 13.2. The lowest BCUT2D eigenvalue weighted by Crippen LogP contribution is -2.52. The number of imidazole rings is 1. The van der Waals surface area contributed by atoms with Crippen molar-refractivity contribution in [2.24, 2.45) is 5.92 Å². The Kier molecular flexibility index (Phi) is 6.69. The predicted molar refractivity (Wildman–Crippen MR) is 127 cm³/mol. The average Bonchev–Trinajstić information content (AvgIpc) is 3.26. The maximum Gasteiger partial charge on any atom is 0.245 e. The second-order valence-electron chi connectivity index (χ2n) is 8.71. The number of likely N-dealkylation sites (tertiary alicyclic amines) is 1. The first-order valence-corrected chi connectivity index (χ1v) is 11.3. The Morgan fingerprint density at radius 3 is 2.44 bits per heavy atom. The van der Waals surface area contributed by atoms with E-state index < -0.39 is 6.04 Å². The molecule has 1 fully saturated rings. The van der Waals surface area contributed by atoms with Crippen LogP contribution < -0.4 is 5.32 Å². The number of para-hydroxylation sites is 2. The number of carbonyl (C=O) groups excluding carboxylic acids is 2. The molecule has 2 amide bonds.